The van der Waals surface area contributed by atoms with Gasteiger partial charge >= 0.3 is 6.03 Å². The number of furan rings is 1. The molecule has 9 nitrogen and oxygen atoms in total. The molecule has 1 aliphatic heterocycles. The predicted molar refractivity (Wildman–Crippen MR) is 139 cm³/mol. The maximum atomic E-state index is 13.2. The monoisotopic (exact) mass is 510 g/mol. The number of carbonyl (C=O) groups is 2. The maximum absolute atomic E-state index is 13.2. The first-order valence-corrected chi connectivity index (χ1v) is 12.6. The van der Waals surface area contributed by atoms with Crippen molar-refractivity contribution in [3.63, 3.8) is 0 Å². The van der Waals surface area contributed by atoms with Crippen LogP contribution in [0.25, 0.3) is 11.3 Å². The molecule has 0 aliphatic carbocycles. The lowest BCUT2D eigenvalue weighted by Crippen LogP contribution is -2.47. The van der Waals surface area contributed by atoms with E-state index in [0.717, 1.165) is 30.8 Å². The van der Waals surface area contributed by atoms with E-state index in [1.165, 1.54) is 4.90 Å². The SMILES string of the molecule is CCCNC(=O)N(CC(=O)N1CCCN(c2ccc(-c3ccccc3Cl)nn2)CC1)Cc1ccco1. The van der Waals surface area contributed by atoms with Crippen molar-refractivity contribution in [3.8, 4) is 11.3 Å². The summed E-state index contributed by atoms with van der Waals surface area (Å²) in [7, 11) is 0. The van der Waals surface area contributed by atoms with Gasteiger partial charge in [0.05, 0.1) is 23.5 Å². The van der Waals surface area contributed by atoms with Crippen LogP contribution in [0.4, 0.5) is 10.6 Å². The molecule has 4 rings (SSSR count). The summed E-state index contributed by atoms with van der Waals surface area (Å²) in [5, 5.41) is 12.3. The first-order valence-electron chi connectivity index (χ1n) is 12.2. The molecule has 1 N–H and O–H groups in total. The minimum absolute atomic E-state index is 0.0113. The van der Waals surface area contributed by atoms with E-state index in [9.17, 15) is 9.59 Å². The quantitative estimate of drug-likeness (QED) is 0.491. The van der Waals surface area contributed by atoms with Gasteiger partial charge in [-0.2, -0.15) is 0 Å². The van der Waals surface area contributed by atoms with Gasteiger partial charge in [0, 0.05) is 38.3 Å². The van der Waals surface area contributed by atoms with Crippen LogP contribution in [0.15, 0.2) is 59.2 Å². The zero-order valence-electron chi connectivity index (χ0n) is 20.4. The Bertz CT molecular complexity index is 1140. The van der Waals surface area contributed by atoms with Gasteiger partial charge in [-0.1, -0.05) is 36.7 Å². The molecule has 0 atom stereocenters. The van der Waals surface area contributed by atoms with Crippen LogP contribution in [0.5, 0.6) is 0 Å². The van der Waals surface area contributed by atoms with Crippen LogP contribution in [0, 0.1) is 0 Å². The first kappa shape index (κ1) is 25.5. The number of hydrogen-bond donors (Lipinski definition) is 1. The van der Waals surface area contributed by atoms with E-state index < -0.39 is 0 Å². The van der Waals surface area contributed by atoms with Crippen LogP contribution >= 0.6 is 11.6 Å². The topological polar surface area (TPSA) is 94.8 Å². The molecule has 36 heavy (non-hydrogen) atoms. The summed E-state index contributed by atoms with van der Waals surface area (Å²) in [6, 6.07) is 14.7. The molecule has 1 saturated heterocycles. The van der Waals surface area contributed by atoms with Gasteiger partial charge in [0.25, 0.3) is 0 Å². The van der Waals surface area contributed by atoms with E-state index in [1.807, 2.05) is 48.2 Å². The summed E-state index contributed by atoms with van der Waals surface area (Å²) in [4.78, 5) is 31.3. The van der Waals surface area contributed by atoms with Crippen LogP contribution in [0.3, 0.4) is 0 Å². The lowest BCUT2D eigenvalue weighted by atomic mass is 10.1. The van der Waals surface area contributed by atoms with Crippen molar-refractivity contribution in [2.75, 3.05) is 44.2 Å². The molecule has 0 spiro atoms. The summed E-state index contributed by atoms with van der Waals surface area (Å²) in [5.74, 6) is 1.31. The summed E-state index contributed by atoms with van der Waals surface area (Å²) in [5.41, 5.74) is 1.56. The Balaban J connectivity index is 1.37. The van der Waals surface area contributed by atoms with E-state index in [2.05, 4.69) is 20.4 Å². The molecular formula is C26H31ClN6O3. The van der Waals surface area contributed by atoms with Crippen molar-refractivity contribution in [2.45, 2.75) is 26.3 Å². The number of urea groups is 1. The largest absolute Gasteiger partial charge is 0.467 e. The fourth-order valence-corrected chi connectivity index (χ4v) is 4.33. The first-order chi connectivity index (χ1) is 17.5. The van der Waals surface area contributed by atoms with E-state index in [4.69, 9.17) is 16.0 Å². The van der Waals surface area contributed by atoms with E-state index in [-0.39, 0.29) is 25.0 Å². The Labute approximate surface area is 216 Å². The molecule has 0 radical (unpaired) electrons. The predicted octanol–water partition coefficient (Wildman–Crippen LogP) is 4.05. The van der Waals surface area contributed by atoms with Crippen molar-refractivity contribution < 1.29 is 14.0 Å². The number of halogens is 1. The lowest BCUT2D eigenvalue weighted by molar-refractivity contribution is -0.131. The Morgan fingerprint density at radius 2 is 1.92 bits per heavy atom. The third-order valence-corrected chi connectivity index (χ3v) is 6.37. The molecule has 0 bridgehead atoms. The standard InChI is InChI=1S/C26H31ClN6O3/c1-2-12-28-26(35)33(18-20-7-5-17-36-20)19-25(34)32-14-6-13-31(15-16-32)24-11-10-23(29-30-24)21-8-3-4-9-22(21)27/h3-5,7-11,17H,2,6,12-16,18-19H2,1H3,(H,28,35). The van der Waals surface area contributed by atoms with Crippen molar-refractivity contribution in [2.24, 2.45) is 0 Å². The number of rotatable bonds is 8. The number of nitrogens with one attached hydrogen (secondary N) is 1. The van der Waals surface area contributed by atoms with Crippen molar-refractivity contribution in [1.82, 2.24) is 25.3 Å². The number of carbonyl (C=O) groups excluding carboxylic acids is 2. The van der Waals surface area contributed by atoms with Crippen molar-refractivity contribution in [3.05, 3.63) is 65.6 Å². The van der Waals surface area contributed by atoms with Gasteiger partial charge in [-0.25, -0.2) is 4.79 Å². The van der Waals surface area contributed by atoms with Gasteiger partial charge in [0.2, 0.25) is 5.91 Å². The molecule has 2 aromatic heterocycles. The highest BCUT2D eigenvalue weighted by molar-refractivity contribution is 6.33. The van der Waals surface area contributed by atoms with Gasteiger partial charge < -0.3 is 24.4 Å². The van der Waals surface area contributed by atoms with Crippen molar-refractivity contribution in [1.29, 1.82) is 0 Å². The van der Waals surface area contributed by atoms with Crippen LogP contribution < -0.4 is 10.2 Å². The highest BCUT2D eigenvalue weighted by Gasteiger charge is 2.24. The lowest BCUT2D eigenvalue weighted by Gasteiger charge is -2.26. The summed E-state index contributed by atoms with van der Waals surface area (Å²) < 4.78 is 5.40. The third-order valence-electron chi connectivity index (χ3n) is 6.04. The molecule has 3 aromatic rings. The number of nitrogens with zero attached hydrogens (tertiary/aromatic N) is 5. The number of aromatic nitrogens is 2. The van der Waals surface area contributed by atoms with Gasteiger partial charge in [0.1, 0.15) is 12.3 Å². The normalized spacial score (nSPS) is 13.8. The fraction of sp³-hybridized carbons (Fsp3) is 0.385. The molecule has 1 aliphatic rings. The number of hydrogen-bond acceptors (Lipinski definition) is 6. The average Bonchev–Trinajstić information content (AvgIpc) is 3.28. The molecule has 0 unspecified atom stereocenters. The van der Waals surface area contributed by atoms with Gasteiger partial charge in [-0.15, -0.1) is 10.2 Å². The molecule has 1 fully saturated rings. The molecule has 3 heterocycles. The highest BCUT2D eigenvalue weighted by atomic mass is 35.5. The summed E-state index contributed by atoms with van der Waals surface area (Å²) in [6.07, 6.45) is 3.17. The molecular weight excluding hydrogens is 480 g/mol. The van der Waals surface area contributed by atoms with Crippen LogP contribution in [0.2, 0.25) is 5.02 Å². The Kier molecular flexibility index (Phi) is 8.78. The highest BCUT2D eigenvalue weighted by Crippen LogP contribution is 2.26. The van der Waals surface area contributed by atoms with Gasteiger partial charge in [-0.3, -0.25) is 4.79 Å². The maximum Gasteiger partial charge on any atom is 0.318 e. The second-order valence-electron chi connectivity index (χ2n) is 8.65. The molecule has 0 saturated carbocycles. The van der Waals surface area contributed by atoms with Crippen molar-refractivity contribution >= 4 is 29.4 Å². The molecule has 190 valence electrons. The van der Waals surface area contributed by atoms with Gasteiger partial charge in [0.15, 0.2) is 5.82 Å². The second kappa shape index (κ2) is 12.4. The Morgan fingerprint density at radius 3 is 2.64 bits per heavy atom. The van der Waals surface area contributed by atoms with Crippen LogP contribution in [-0.4, -0.2) is 71.2 Å². The van der Waals surface area contributed by atoms with E-state index >= 15 is 0 Å². The number of benzene rings is 1. The smallest absolute Gasteiger partial charge is 0.318 e. The molecule has 1 aromatic carbocycles. The van der Waals surface area contributed by atoms with Gasteiger partial charge in [-0.05, 0) is 43.2 Å². The summed E-state index contributed by atoms with van der Waals surface area (Å²) >= 11 is 6.29. The Morgan fingerprint density at radius 1 is 1.06 bits per heavy atom. The molecule has 10 heteroatoms. The molecule has 3 amide bonds. The Hall–Kier alpha value is -3.59. The number of anilines is 1. The zero-order valence-corrected chi connectivity index (χ0v) is 21.2. The zero-order chi connectivity index (χ0) is 25.3. The fourth-order valence-electron chi connectivity index (χ4n) is 4.10. The average molecular weight is 511 g/mol. The van der Waals surface area contributed by atoms with Crippen LogP contribution in [0.1, 0.15) is 25.5 Å². The minimum Gasteiger partial charge on any atom is -0.467 e. The third kappa shape index (κ3) is 6.54. The minimum atomic E-state index is -0.271. The number of amides is 3. The summed E-state index contributed by atoms with van der Waals surface area (Å²) in [6.45, 7) is 5.31. The van der Waals surface area contributed by atoms with Crippen LogP contribution in [-0.2, 0) is 11.3 Å². The van der Waals surface area contributed by atoms with E-state index in [1.54, 1.807) is 18.4 Å². The van der Waals surface area contributed by atoms with E-state index in [0.29, 0.717) is 42.7 Å². The second-order valence-corrected chi connectivity index (χ2v) is 9.05.